The predicted octanol–water partition coefficient (Wildman–Crippen LogP) is 11.2. The van der Waals surface area contributed by atoms with Crippen molar-refractivity contribution in [2.45, 2.75) is 245 Å². The molecular weight excluding hydrogens is 993 g/mol. The van der Waals surface area contributed by atoms with E-state index in [2.05, 4.69) is 54.7 Å². The number of methoxy groups -OCH3 is 2. The standard InChI is InChI=1S/C32H48O6.C30H44O8.2CH4/c1-7-9-27-21(3)17-29-32(38-27)23(5)31(35-19-24-11-13-25(34-6)14-12-24)30(37-29)18-28-22(4)20(2)16-26(36-28)10-8-15-33;1-18-14-23(6-5-12-31)36-26(19(18)2)16-28-29(35-17-21-7-9-22(34-4)10-8-21)20(3)30-27(37-28)15-24(33)25(38-30)11-13-32;;/h11-15,20-21,23,26-32H,4,7-10,16-19H2,1-3,5-6H3;7-10,12,18,20,23-30,32-33H,2,5-6,11,13-17H2,1,3-4H3;2*1H4/t20-,21?,23-,26+,27-,28?,29+,30+,31-,32+;18-,20-,23+,24?,25-,26?,27+,28+,29-,30+;;/m11../s1. The van der Waals surface area contributed by atoms with Crippen LogP contribution in [0, 0.1) is 29.6 Å². The van der Waals surface area contributed by atoms with E-state index in [1.807, 2.05) is 48.5 Å². The van der Waals surface area contributed by atoms with Gasteiger partial charge in [0.2, 0.25) is 0 Å². The van der Waals surface area contributed by atoms with Crippen LogP contribution in [0.4, 0.5) is 0 Å². The molecule has 0 amide bonds. The smallest absolute Gasteiger partial charge is 0.120 e. The Hall–Kier alpha value is -3.54. The van der Waals surface area contributed by atoms with E-state index in [9.17, 15) is 19.8 Å². The topological polar surface area (TPSA) is 167 Å². The molecular formula is C64H100O14. The summed E-state index contributed by atoms with van der Waals surface area (Å²) in [6, 6.07) is 15.8. The van der Waals surface area contributed by atoms with Crippen LogP contribution in [0.1, 0.15) is 151 Å². The zero-order valence-corrected chi connectivity index (χ0v) is 46.8. The predicted molar refractivity (Wildman–Crippen MR) is 304 cm³/mol. The van der Waals surface area contributed by atoms with Crippen LogP contribution in [0.5, 0.6) is 11.5 Å². The Balaban J connectivity index is 0.000000280. The van der Waals surface area contributed by atoms with Crippen LogP contribution in [-0.2, 0) is 60.7 Å². The Morgan fingerprint density at radius 3 is 1.42 bits per heavy atom. The van der Waals surface area contributed by atoms with Gasteiger partial charge in [0.15, 0.2) is 0 Å². The molecule has 6 saturated heterocycles. The highest BCUT2D eigenvalue weighted by molar-refractivity contribution is 5.49. The molecule has 0 saturated carbocycles. The summed E-state index contributed by atoms with van der Waals surface area (Å²) in [6.45, 7) is 22.9. The van der Waals surface area contributed by atoms with E-state index in [1.165, 1.54) is 0 Å². The second kappa shape index (κ2) is 31.6. The molecule has 20 atom stereocenters. The van der Waals surface area contributed by atoms with Crippen molar-refractivity contribution in [2.75, 3.05) is 20.8 Å². The third kappa shape index (κ3) is 16.8. The molecule has 6 heterocycles. The zero-order valence-electron chi connectivity index (χ0n) is 46.8. The number of aliphatic hydroxyl groups is 2. The normalized spacial score (nSPS) is 36.5. The fraction of sp³-hybridized carbons (Fsp3) is 0.719. The molecule has 8 rings (SSSR count). The quantitative estimate of drug-likeness (QED) is 0.0844. The van der Waals surface area contributed by atoms with Gasteiger partial charge < -0.3 is 67.2 Å². The summed E-state index contributed by atoms with van der Waals surface area (Å²) >= 11 is 0. The Kier molecular flexibility index (Phi) is 26.5. The molecule has 0 aliphatic carbocycles. The minimum Gasteiger partial charge on any atom is -0.497 e. The van der Waals surface area contributed by atoms with Crippen LogP contribution in [0.3, 0.4) is 0 Å². The summed E-state index contributed by atoms with van der Waals surface area (Å²) in [4.78, 5) is 21.9. The summed E-state index contributed by atoms with van der Waals surface area (Å²) in [6.07, 6.45) is 9.16. The fourth-order valence-corrected chi connectivity index (χ4v) is 12.8. The van der Waals surface area contributed by atoms with Crippen LogP contribution < -0.4 is 9.47 Å². The van der Waals surface area contributed by atoms with E-state index in [4.69, 9.17) is 47.4 Å². The van der Waals surface area contributed by atoms with E-state index in [1.54, 1.807) is 14.2 Å². The number of hydrogen-bond donors (Lipinski definition) is 2. The van der Waals surface area contributed by atoms with Crippen molar-refractivity contribution in [3.63, 3.8) is 0 Å². The SMILES string of the molecule is C.C.C=C1C(C[C@@H]2O[C@H]3CC(C)[C@@H](CCC)O[C@H]3[C@H](C)[C@H]2OCc2ccc(OC)cc2)O[C@@H](CCC=O)C[C@H]1C.C=C1C(C[C@@H]2O[C@H]3CC(O)[C@@H](CCO)O[C@H]3[C@H](C)[C@H]2OCc2ccc(OC)cc2)O[C@@H](CCC=O)C[C@H]1C. The summed E-state index contributed by atoms with van der Waals surface area (Å²) in [5.41, 5.74) is 4.29. The molecule has 14 nitrogen and oxygen atoms in total. The van der Waals surface area contributed by atoms with Crippen LogP contribution in [0.25, 0.3) is 0 Å². The second-order valence-corrected chi connectivity index (χ2v) is 22.9. The zero-order chi connectivity index (χ0) is 54.5. The lowest BCUT2D eigenvalue weighted by Crippen LogP contribution is -2.61. The lowest BCUT2D eigenvalue weighted by Gasteiger charge is -2.51. The molecule has 6 aliphatic rings. The van der Waals surface area contributed by atoms with Crippen LogP contribution in [0.15, 0.2) is 72.8 Å². The number of benzene rings is 2. The first-order valence-corrected chi connectivity index (χ1v) is 28.6. The average molecular weight is 1090 g/mol. The molecule has 2 aromatic rings. The highest BCUT2D eigenvalue weighted by atomic mass is 16.6. The maximum atomic E-state index is 11.0. The Labute approximate surface area is 468 Å². The van der Waals surface area contributed by atoms with Crippen molar-refractivity contribution in [1.82, 2.24) is 0 Å². The van der Waals surface area contributed by atoms with Gasteiger partial charge in [0.05, 0.1) is 119 Å². The Bertz CT molecular complexity index is 1950. The number of ether oxygens (including phenoxy) is 10. The molecule has 440 valence electrons. The second-order valence-electron chi connectivity index (χ2n) is 22.9. The third-order valence-corrected chi connectivity index (χ3v) is 17.4. The van der Waals surface area contributed by atoms with Crippen LogP contribution in [-0.4, -0.2) is 135 Å². The first-order chi connectivity index (χ1) is 36.7. The van der Waals surface area contributed by atoms with E-state index < -0.39 is 12.2 Å². The molecule has 0 bridgehead atoms. The first kappa shape index (κ1) is 65.3. The van der Waals surface area contributed by atoms with Crippen LogP contribution >= 0.6 is 0 Å². The molecule has 2 aromatic carbocycles. The number of carbonyl (C=O) groups excluding carboxylic acids is 2. The molecule has 14 heteroatoms. The van der Waals surface area contributed by atoms with Gasteiger partial charge in [-0.1, -0.05) is 100 Å². The number of rotatable bonds is 22. The molecule has 6 fully saturated rings. The van der Waals surface area contributed by atoms with Gasteiger partial charge in [-0.15, -0.1) is 0 Å². The number of hydrogen-bond acceptors (Lipinski definition) is 14. The maximum absolute atomic E-state index is 11.0. The minimum absolute atomic E-state index is 0. The van der Waals surface area contributed by atoms with E-state index >= 15 is 0 Å². The molecule has 0 radical (unpaired) electrons. The summed E-state index contributed by atoms with van der Waals surface area (Å²) < 4.78 is 63.2. The molecule has 4 unspecified atom stereocenters. The van der Waals surface area contributed by atoms with Gasteiger partial charge in [-0.2, -0.15) is 0 Å². The molecule has 78 heavy (non-hydrogen) atoms. The van der Waals surface area contributed by atoms with E-state index in [0.29, 0.717) is 70.0 Å². The molecule has 2 N–H and O–H groups in total. The van der Waals surface area contributed by atoms with Gasteiger partial charge in [-0.05, 0) is 109 Å². The third-order valence-electron chi connectivity index (χ3n) is 17.4. The Morgan fingerprint density at radius 1 is 0.577 bits per heavy atom. The molecule has 0 spiro atoms. The lowest BCUT2D eigenvalue weighted by atomic mass is 9.78. The number of carbonyl (C=O) groups is 2. The van der Waals surface area contributed by atoms with E-state index in [-0.39, 0.29) is 119 Å². The van der Waals surface area contributed by atoms with Crippen molar-refractivity contribution in [3.05, 3.63) is 84.0 Å². The number of aliphatic hydroxyl groups excluding tert-OH is 2. The highest BCUT2D eigenvalue weighted by Crippen LogP contribution is 2.44. The lowest BCUT2D eigenvalue weighted by molar-refractivity contribution is -0.277. The van der Waals surface area contributed by atoms with Crippen molar-refractivity contribution in [1.29, 1.82) is 0 Å². The van der Waals surface area contributed by atoms with Crippen molar-refractivity contribution in [3.8, 4) is 11.5 Å². The number of fused-ring (bicyclic) bond motifs is 2. The van der Waals surface area contributed by atoms with Gasteiger partial charge >= 0.3 is 0 Å². The van der Waals surface area contributed by atoms with Gasteiger partial charge in [-0.25, -0.2) is 0 Å². The van der Waals surface area contributed by atoms with E-state index in [0.717, 1.165) is 84.9 Å². The van der Waals surface area contributed by atoms with Gasteiger partial charge in [0.25, 0.3) is 0 Å². The molecule has 0 aromatic heterocycles. The largest absolute Gasteiger partial charge is 0.497 e. The molecule has 6 aliphatic heterocycles. The summed E-state index contributed by atoms with van der Waals surface area (Å²) in [5, 5.41) is 20.1. The maximum Gasteiger partial charge on any atom is 0.120 e. The van der Waals surface area contributed by atoms with Crippen LogP contribution in [0.2, 0.25) is 0 Å². The highest BCUT2D eigenvalue weighted by Gasteiger charge is 2.52. The van der Waals surface area contributed by atoms with Crippen molar-refractivity contribution < 1.29 is 67.2 Å². The average Bonchev–Trinajstić information content (AvgIpc) is 3.50. The first-order valence-electron chi connectivity index (χ1n) is 28.6. The number of aldehydes is 2. The van der Waals surface area contributed by atoms with Crippen molar-refractivity contribution in [2.24, 2.45) is 29.6 Å². The minimum atomic E-state index is -0.693. The summed E-state index contributed by atoms with van der Waals surface area (Å²) in [5.74, 6) is 2.91. The summed E-state index contributed by atoms with van der Waals surface area (Å²) in [7, 11) is 3.32. The fourth-order valence-electron chi connectivity index (χ4n) is 12.8. The van der Waals surface area contributed by atoms with Gasteiger partial charge in [0, 0.05) is 50.5 Å². The van der Waals surface area contributed by atoms with Gasteiger partial charge in [0.1, 0.15) is 24.1 Å². The monoisotopic (exact) mass is 1090 g/mol. The Morgan fingerprint density at radius 2 is 1.01 bits per heavy atom. The van der Waals surface area contributed by atoms with Crippen molar-refractivity contribution >= 4 is 12.6 Å². The van der Waals surface area contributed by atoms with Gasteiger partial charge in [-0.3, -0.25) is 0 Å².